The van der Waals surface area contributed by atoms with E-state index in [0.717, 1.165) is 17.7 Å². The third-order valence-corrected chi connectivity index (χ3v) is 5.55. The van der Waals surface area contributed by atoms with Gasteiger partial charge < -0.3 is 15.2 Å². The molecule has 1 heterocycles. The summed E-state index contributed by atoms with van der Waals surface area (Å²) in [5.74, 6) is -0.748. The normalized spacial score (nSPS) is 16.8. The minimum absolute atomic E-state index is 0.136. The Bertz CT molecular complexity index is 1110. The first-order valence-corrected chi connectivity index (χ1v) is 10.8. The molecule has 0 saturated heterocycles. The molecule has 2 aromatic rings. The molecule has 0 fully saturated rings. The number of anilines is 1. The molecule has 2 aromatic carbocycles. The predicted octanol–water partition coefficient (Wildman–Crippen LogP) is 5.47. The van der Waals surface area contributed by atoms with Crippen LogP contribution in [-0.4, -0.2) is 46.5 Å². The van der Waals surface area contributed by atoms with Crippen LogP contribution in [0.15, 0.2) is 48.5 Å². The van der Waals surface area contributed by atoms with Gasteiger partial charge in [0.05, 0.1) is 0 Å². The van der Waals surface area contributed by atoms with Gasteiger partial charge in [-0.15, -0.1) is 0 Å². The van der Waals surface area contributed by atoms with E-state index in [-0.39, 0.29) is 12.2 Å². The highest BCUT2D eigenvalue weighted by molar-refractivity contribution is 5.97. The Morgan fingerprint density at radius 3 is 2.03 bits per heavy atom. The molecule has 1 unspecified atom stereocenters. The largest absolute Gasteiger partial charge is 0.444 e. The van der Waals surface area contributed by atoms with Gasteiger partial charge in [-0.05, 0) is 50.5 Å². The van der Waals surface area contributed by atoms with Crippen molar-refractivity contribution in [3.05, 3.63) is 65.2 Å². The van der Waals surface area contributed by atoms with Crippen LogP contribution in [-0.2, 0) is 21.6 Å². The third kappa shape index (κ3) is 5.28. The Balaban J connectivity index is 1.91. The first kappa shape index (κ1) is 27.3. The molecule has 3 rings (SSSR count). The van der Waals surface area contributed by atoms with Crippen molar-refractivity contribution >= 4 is 17.7 Å². The summed E-state index contributed by atoms with van der Waals surface area (Å²) in [6.45, 7) is 5.11. The zero-order valence-corrected chi connectivity index (χ0v) is 19.5. The second-order valence-corrected chi connectivity index (χ2v) is 9.30. The number of fused-ring (bicyclic) bond motifs is 1. The average molecular weight is 518 g/mol. The van der Waals surface area contributed by atoms with Crippen LogP contribution in [0.2, 0.25) is 0 Å². The van der Waals surface area contributed by atoms with Gasteiger partial charge >= 0.3 is 18.4 Å². The van der Waals surface area contributed by atoms with Crippen molar-refractivity contribution in [2.75, 3.05) is 11.9 Å². The molecule has 36 heavy (non-hydrogen) atoms. The number of aliphatic hydroxyl groups is 1. The second kappa shape index (κ2) is 9.30. The molecule has 1 aliphatic heterocycles. The lowest BCUT2D eigenvalue weighted by molar-refractivity contribution is -0.376. The molecule has 0 radical (unpaired) electrons. The number of benzene rings is 2. The van der Waals surface area contributed by atoms with Crippen molar-refractivity contribution in [1.29, 1.82) is 0 Å². The van der Waals surface area contributed by atoms with E-state index in [1.54, 1.807) is 45.0 Å². The van der Waals surface area contributed by atoms with Crippen LogP contribution in [0.4, 0.5) is 36.8 Å². The number of nitrogens with zero attached hydrogens (tertiary/aromatic N) is 1. The summed E-state index contributed by atoms with van der Waals surface area (Å²) in [4.78, 5) is 27.3. The van der Waals surface area contributed by atoms with E-state index in [4.69, 9.17) is 4.74 Å². The highest BCUT2D eigenvalue weighted by Crippen LogP contribution is 2.50. The lowest BCUT2D eigenvalue weighted by atomic mass is 9.91. The maximum Gasteiger partial charge on any atom is 0.430 e. The molecule has 0 bridgehead atoms. The van der Waals surface area contributed by atoms with Crippen LogP contribution in [0, 0.1) is 0 Å². The van der Waals surface area contributed by atoms with Gasteiger partial charge in [0.25, 0.3) is 11.5 Å². The molecule has 0 saturated carbocycles. The minimum atomic E-state index is -6.03. The van der Waals surface area contributed by atoms with Gasteiger partial charge in [0.15, 0.2) is 0 Å². The number of rotatable bonds is 3. The Morgan fingerprint density at radius 2 is 1.50 bits per heavy atom. The lowest BCUT2D eigenvalue weighted by Crippen LogP contribution is -2.53. The lowest BCUT2D eigenvalue weighted by Gasteiger charge is -2.37. The summed E-state index contributed by atoms with van der Waals surface area (Å²) in [5.41, 5.74) is -6.22. The monoisotopic (exact) mass is 518 g/mol. The fraction of sp³-hybridized carbons (Fsp3) is 0.417. The number of carbonyl (C=O) groups excluding carboxylic acids is 2. The van der Waals surface area contributed by atoms with Gasteiger partial charge in [0, 0.05) is 17.8 Å². The molecule has 0 aromatic heterocycles. The zero-order chi connectivity index (χ0) is 27.1. The van der Waals surface area contributed by atoms with Gasteiger partial charge in [-0.2, -0.15) is 26.3 Å². The molecular weight excluding hydrogens is 494 g/mol. The molecule has 12 heteroatoms. The molecule has 1 aliphatic rings. The van der Waals surface area contributed by atoms with Crippen molar-refractivity contribution in [3.8, 4) is 0 Å². The van der Waals surface area contributed by atoms with Gasteiger partial charge in [-0.3, -0.25) is 9.69 Å². The van der Waals surface area contributed by atoms with E-state index in [2.05, 4.69) is 5.32 Å². The van der Waals surface area contributed by atoms with Crippen LogP contribution in [0.1, 0.15) is 43.5 Å². The third-order valence-electron chi connectivity index (χ3n) is 5.55. The summed E-state index contributed by atoms with van der Waals surface area (Å²) in [7, 11) is 0. The number of halogens is 6. The second-order valence-electron chi connectivity index (χ2n) is 9.30. The SMILES string of the molecule is CC(C)(C)OC(=O)N1CCc2ccccc2C1C(=O)Nc1ccc(C(O)(C(F)(F)F)C(F)(F)F)cc1. The number of nitrogens with one attached hydrogen (secondary N) is 1. The maximum absolute atomic E-state index is 13.2. The topological polar surface area (TPSA) is 78.9 Å². The summed E-state index contributed by atoms with van der Waals surface area (Å²) in [6.07, 6.45) is -12.4. The molecule has 2 amide bonds. The number of alkyl halides is 6. The van der Waals surface area contributed by atoms with Gasteiger partial charge in [0.1, 0.15) is 11.6 Å². The van der Waals surface area contributed by atoms with Crippen LogP contribution >= 0.6 is 0 Å². The quantitative estimate of drug-likeness (QED) is 0.529. The van der Waals surface area contributed by atoms with E-state index in [0.29, 0.717) is 24.1 Å². The van der Waals surface area contributed by atoms with Crippen molar-refractivity contribution in [2.24, 2.45) is 0 Å². The molecule has 0 spiro atoms. The summed E-state index contributed by atoms with van der Waals surface area (Å²) in [5, 5.41) is 12.0. The van der Waals surface area contributed by atoms with Gasteiger partial charge in [-0.1, -0.05) is 36.4 Å². The summed E-state index contributed by atoms with van der Waals surface area (Å²) < 4.78 is 84.2. The first-order chi connectivity index (χ1) is 16.5. The Kier molecular flexibility index (Phi) is 7.06. The van der Waals surface area contributed by atoms with Crippen molar-refractivity contribution in [3.63, 3.8) is 0 Å². The first-order valence-electron chi connectivity index (χ1n) is 10.8. The van der Waals surface area contributed by atoms with Crippen molar-refractivity contribution in [2.45, 2.75) is 56.8 Å². The van der Waals surface area contributed by atoms with E-state index in [9.17, 15) is 41.0 Å². The van der Waals surface area contributed by atoms with Crippen molar-refractivity contribution < 1.29 is 45.8 Å². The molecule has 0 aliphatic carbocycles. The van der Waals surface area contributed by atoms with Gasteiger partial charge in [0.2, 0.25) is 0 Å². The molecule has 2 N–H and O–H groups in total. The molecule has 6 nitrogen and oxygen atoms in total. The van der Waals surface area contributed by atoms with Crippen LogP contribution in [0.3, 0.4) is 0 Å². The van der Waals surface area contributed by atoms with E-state index >= 15 is 0 Å². The van der Waals surface area contributed by atoms with E-state index in [1.165, 1.54) is 4.90 Å². The standard InChI is InChI=1S/C24H24F6N2O4/c1-21(2,3)36-20(34)32-13-12-14-6-4-5-7-17(14)18(32)19(33)31-16-10-8-15(9-11-16)22(35,23(25,26)27)24(28,29)30/h4-11,18,35H,12-13H2,1-3H3,(H,31,33). The summed E-state index contributed by atoms with van der Waals surface area (Å²) in [6, 6.07) is 8.17. The smallest absolute Gasteiger partial charge is 0.430 e. The zero-order valence-electron chi connectivity index (χ0n) is 19.5. The van der Waals surface area contributed by atoms with Crippen LogP contribution in [0.25, 0.3) is 0 Å². The Labute approximate surface area is 202 Å². The molecule has 196 valence electrons. The average Bonchev–Trinajstić information content (AvgIpc) is 2.75. The fourth-order valence-corrected chi connectivity index (χ4v) is 3.86. The highest BCUT2D eigenvalue weighted by Gasteiger charge is 2.71. The van der Waals surface area contributed by atoms with Crippen LogP contribution < -0.4 is 5.32 Å². The van der Waals surface area contributed by atoms with E-state index in [1.807, 2.05) is 0 Å². The number of amides is 2. The van der Waals surface area contributed by atoms with Gasteiger partial charge in [-0.25, -0.2) is 4.79 Å². The number of hydrogen-bond donors (Lipinski definition) is 2. The Hall–Kier alpha value is -3.28. The molecular formula is C24H24F6N2O4. The van der Waals surface area contributed by atoms with Crippen LogP contribution in [0.5, 0.6) is 0 Å². The summed E-state index contributed by atoms with van der Waals surface area (Å²) >= 11 is 0. The Morgan fingerprint density at radius 1 is 0.944 bits per heavy atom. The van der Waals surface area contributed by atoms with Crippen molar-refractivity contribution in [1.82, 2.24) is 4.90 Å². The highest BCUT2D eigenvalue weighted by atomic mass is 19.4. The molecule has 1 atom stereocenters. The number of hydrogen-bond acceptors (Lipinski definition) is 4. The minimum Gasteiger partial charge on any atom is -0.444 e. The number of ether oxygens (including phenoxy) is 1. The van der Waals surface area contributed by atoms with E-state index < -0.39 is 47.2 Å². The maximum atomic E-state index is 13.2. The predicted molar refractivity (Wildman–Crippen MR) is 117 cm³/mol. The number of carbonyl (C=O) groups is 2. The fourth-order valence-electron chi connectivity index (χ4n) is 3.86.